The third kappa shape index (κ3) is 7.57. The van der Waals surface area contributed by atoms with E-state index in [0.717, 1.165) is 0 Å². The van der Waals surface area contributed by atoms with Gasteiger partial charge in [0.1, 0.15) is 0 Å². The van der Waals surface area contributed by atoms with Gasteiger partial charge in [0.2, 0.25) is 11.9 Å². The normalized spacial score (nSPS) is 20.0. The summed E-state index contributed by atoms with van der Waals surface area (Å²) in [7, 11) is 1.62. The van der Waals surface area contributed by atoms with Crippen molar-refractivity contribution in [2.24, 2.45) is 18.4 Å². The first-order chi connectivity index (χ1) is 21.8. The van der Waals surface area contributed by atoms with E-state index in [1.54, 1.807) is 38.5 Å². The highest BCUT2D eigenvalue weighted by Gasteiger charge is 2.42. The number of benzene rings is 2. The van der Waals surface area contributed by atoms with E-state index in [1.165, 1.54) is 23.1 Å². The lowest BCUT2D eigenvalue weighted by Crippen LogP contribution is -2.40. The van der Waals surface area contributed by atoms with Crippen molar-refractivity contribution < 1.29 is 35.9 Å². The van der Waals surface area contributed by atoms with Crippen LogP contribution >= 0.6 is 11.6 Å². The van der Waals surface area contributed by atoms with Gasteiger partial charge in [0.25, 0.3) is 11.8 Å². The van der Waals surface area contributed by atoms with E-state index >= 15 is 4.39 Å². The van der Waals surface area contributed by atoms with E-state index in [0.29, 0.717) is 11.0 Å². The minimum absolute atomic E-state index is 0.0161. The van der Waals surface area contributed by atoms with Crippen molar-refractivity contribution in [1.29, 1.82) is 0 Å². The molecule has 0 bridgehead atoms. The zero-order chi connectivity index (χ0) is 34.5. The summed E-state index contributed by atoms with van der Waals surface area (Å²) < 4.78 is 85.3. The Balaban J connectivity index is 1.45. The number of imidazole rings is 1. The van der Waals surface area contributed by atoms with Crippen LogP contribution in [-0.4, -0.2) is 52.6 Å². The van der Waals surface area contributed by atoms with Gasteiger partial charge in [-0.05, 0) is 43.9 Å². The zero-order valence-electron chi connectivity index (χ0n) is 26.4. The van der Waals surface area contributed by atoms with Gasteiger partial charge in [0.05, 0.1) is 45.5 Å². The standard InChI is InChI=1S/C32H37ClF6N6O2/c1-30(2,3)28(47)40-15-17-5-10-21(33)26(25(17)34)43-29-42-22-13-20(27(46)41-19-8-6-18(7-9-19)32(37,38)39)23(14-24(22)44(29)4)45-12-11-31(35,36)16-45/h5,10,13-14,18-19H,6-9,11-12,15-16H2,1-4H3,(H,40,47)(H,41,46)(H,42,43)/t18-,19-. The van der Waals surface area contributed by atoms with Gasteiger partial charge < -0.3 is 25.4 Å². The molecule has 8 nitrogen and oxygen atoms in total. The number of nitrogens with zero attached hydrogens (tertiary/aromatic N) is 3. The second-order valence-corrected chi connectivity index (χ2v) is 13.8. The molecule has 15 heteroatoms. The fourth-order valence-corrected chi connectivity index (χ4v) is 6.14. The number of halogens is 7. The second kappa shape index (κ2) is 12.7. The predicted octanol–water partition coefficient (Wildman–Crippen LogP) is 7.47. The molecule has 3 aromatic rings. The molecule has 256 valence electrons. The van der Waals surface area contributed by atoms with Crippen molar-refractivity contribution in [3.8, 4) is 0 Å². The highest BCUT2D eigenvalue weighted by atomic mass is 35.5. The second-order valence-electron chi connectivity index (χ2n) is 13.4. The maximum Gasteiger partial charge on any atom is 0.391 e. The zero-order valence-corrected chi connectivity index (χ0v) is 27.2. The van der Waals surface area contributed by atoms with Crippen LogP contribution in [0.3, 0.4) is 0 Å². The molecule has 2 aromatic carbocycles. The van der Waals surface area contributed by atoms with Gasteiger partial charge in [0, 0.05) is 43.6 Å². The maximum absolute atomic E-state index is 15.6. The topological polar surface area (TPSA) is 91.3 Å². The highest BCUT2D eigenvalue weighted by molar-refractivity contribution is 6.33. The summed E-state index contributed by atoms with van der Waals surface area (Å²) in [5, 5.41) is 8.44. The molecule has 1 aliphatic carbocycles. The molecule has 1 aliphatic heterocycles. The maximum atomic E-state index is 15.6. The molecule has 2 fully saturated rings. The SMILES string of the molecule is Cn1c(Nc2c(Cl)ccc(CNC(=O)C(C)(C)C)c2F)nc2cc(C(=O)N[C@H]3CC[C@H](C(F)(F)F)CC3)c(N3CCC(F)(F)C3)cc21. The van der Waals surface area contributed by atoms with Crippen LogP contribution in [0.5, 0.6) is 0 Å². The van der Waals surface area contributed by atoms with Gasteiger partial charge in [-0.3, -0.25) is 9.59 Å². The van der Waals surface area contributed by atoms with Crippen molar-refractivity contribution in [3.63, 3.8) is 0 Å². The monoisotopic (exact) mass is 686 g/mol. The molecular formula is C32H37ClF6N6O2. The molecule has 2 amide bonds. The lowest BCUT2D eigenvalue weighted by Gasteiger charge is -2.30. The molecule has 2 aliphatic rings. The fraction of sp³-hybridized carbons (Fsp3) is 0.531. The van der Waals surface area contributed by atoms with E-state index in [-0.39, 0.29) is 78.2 Å². The van der Waals surface area contributed by atoms with E-state index in [1.807, 2.05) is 0 Å². The van der Waals surface area contributed by atoms with Crippen molar-refractivity contribution in [2.75, 3.05) is 23.3 Å². The summed E-state index contributed by atoms with van der Waals surface area (Å²) in [4.78, 5) is 31.8. The number of nitrogens with one attached hydrogen (secondary N) is 3. The van der Waals surface area contributed by atoms with Crippen LogP contribution in [0, 0.1) is 17.2 Å². The van der Waals surface area contributed by atoms with E-state index < -0.39 is 54.2 Å². The molecule has 1 aromatic heterocycles. The third-order valence-corrected chi connectivity index (χ3v) is 9.12. The summed E-state index contributed by atoms with van der Waals surface area (Å²) in [6.45, 7) is 4.49. The average molecular weight is 687 g/mol. The van der Waals surface area contributed by atoms with E-state index in [4.69, 9.17) is 11.6 Å². The van der Waals surface area contributed by atoms with Crippen LogP contribution in [0.2, 0.25) is 5.02 Å². The number of rotatable bonds is 7. The number of carbonyl (C=O) groups excluding carboxylic acids is 2. The molecule has 1 saturated heterocycles. The van der Waals surface area contributed by atoms with Crippen molar-refractivity contribution in [1.82, 2.24) is 20.2 Å². The van der Waals surface area contributed by atoms with Gasteiger partial charge in [-0.1, -0.05) is 38.4 Å². The van der Waals surface area contributed by atoms with Crippen LogP contribution in [0.4, 0.5) is 43.7 Å². The Morgan fingerprint density at radius 1 is 1.09 bits per heavy atom. The summed E-state index contributed by atoms with van der Waals surface area (Å²) in [5.41, 5.74) is 0.424. The number of aromatic nitrogens is 2. The number of aryl methyl sites for hydroxylation is 1. The van der Waals surface area contributed by atoms with Gasteiger partial charge >= 0.3 is 6.18 Å². The summed E-state index contributed by atoms with van der Waals surface area (Å²) in [5.74, 6) is -5.83. The first-order valence-electron chi connectivity index (χ1n) is 15.4. The first-order valence-corrected chi connectivity index (χ1v) is 15.7. The van der Waals surface area contributed by atoms with Crippen LogP contribution in [0.1, 0.15) is 68.8 Å². The van der Waals surface area contributed by atoms with E-state index in [9.17, 15) is 31.5 Å². The Hall–Kier alpha value is -3.68. The number of alkyl halides is 5. The number of carbonyl (C=O) groups is 2. The Kier molecular flexibility index (Phi) is 9.39. The van der Waals surface area contributed by atoms with Gasteiger partial charge in [0.15, 0.2) is 5.82 Å². The highest BCUT2D eigenvalue weighted by Crippen LogP contribution is 2.39. The first kappa shape index (κ1) is 34.6. The third-order valence-electron chi connectivity index (χ3n) is 8.81. The van der Waals surface area contributed by atoms with E-state index in [2.05, 4.69) is 20.9 Å². The molecule has 0 atom stereocenters. The average Bonchev–Trinajstić information content (AvgIpc) is 3.50. The summed E-state index contributed by atoms with van der Waals surface area (Å²) in [6, 6.07) is 5.43. The Bertz CT molecular complexity index is 1680. The Morgan fingerprint density at radius 3 is 2.36 bits per heavy atom. The number of fused-ring (bicyclic) bond motifs is 1. The summed E-state index contributed by atoms with van der Waals surface area (Å²) >= 11 is 6.35. The van der Waals surface area contributed by atoms with Crippen molar-refractivity contribution >= 4 is 51.8 Å². The lowest BCUT2D eigenvalue weighted by molar-refractivity contribution is -0.182. The molecule has 3 N–H and O–H groups in total. The van der Waals surface area contributed by atoms with Crippen LogP contribution < -0.4 is 20.9 Å². The summed E-state index contributed by atoms with van der Waals surface area (Å²) in [6.07, 6.45) is -4.66. The molecule has 0 spiro atoms. The van der Waals surface area contributed by atoms with Crippen LogP contribution in [0.25, 0.3) is 11.0 Å². The molecule has 2 heterocycles. The van der Waals surface area contributed by atoms with Crippen LogP contribution in [0.15, 0.2) is 24.3 Å². The fourth-order valence-electron chi connectivity index (χ4n) is 5.95. The Labute approximate surface area is 273 Å². The molecule has 1 saturated carbocycles. The number of anilines is 3. The minimum Gasteiger partial charge on any atom is -0.365 e. The smallest absolute Gasteiger partial charge is 0.365 e. The Morgan fingerprint density at radius 2 is 1.77 bits per heavy atom. The van der Waals surface area contributed by atoms with Crippen molar-refractivity contribution in [2.45, 2.75) is 77.6 Å². The predicted molar refractivity (Wildman–Crippen MR) is 168 cm³/mol. The molecule has 0 radical (unpaired) electrons. The van der Waals surface area contributed by atoms with Gasteiger partial charge in [-0.2, -0.15) is 13.2 Å². The largest absolute Gasteiger partial charge is 0.391 e. The molecular weight excluding hydrogens is 650 g/mol. The quantitative estimate of drug-likeness (QED) is 0.225. The number of hydrogen-bond acceptors (Lipinski definition) is 5. The minimum atomic E-state index is -4.30. The van der Waals surface area contributed by atoms with Gasteiger partial charge in [-0.15, -0.1) is 0 Å². The lowest BCUT2D eigenvalue weighted by atomic mass is 9.85. The van der Waals surface area contributed by atoms with Crippen molar-refractivity contribution in [3.05, 3.63) is 46.2 Å². The van der Waals surface area contributed by atoms with Gasteiger partial charge in [-0.25, -0.2) is 18.2 Å². The number of hydrogen-bond donors (Lipinski definition) is 3. The van der Waals surface area contributed by atoms with Crippen LogP contribution in [-0.2, 0) is 18.4 Å². The molecule has 47 heavy (non-hydrogen) atoms. The molecule has 5 rings (SSSR count). The molecule has 0 unspecified atom stereocenters. The number of amides is 2.